The van der Waals surface area contributed by atoms with E-state index in [0.29, 0.717) is 22.1 Å². The molecule has 8 nitrogen and oxygen atoms in total. The van der Waals surface area contributed by atoms with Crippen LogP contribution in [0.25, 0.3) is 11.2 Å². The Bertz CT molecular complexity index is 1110. The van der Waals surface area contributed by atoms with E-state index >= 15 is 0 Å². The number of benzene rings is 1. The van der Waals surface area contributed by atoms with Gasteiger partial charge in [-0.05, 0) is 25.5 Å². The highest BCUT2D eigenvalue weighted by atomic mass is 32.2. The van der Waals surface area contributed by atoms with Crippen molar-refractivity contribution in [1.82, 2.24) is 18.7 Å². The maximum atomic E-state index is 12.8. The van der Waals surface area contributed by atoms with Crippen LogP contribution in [0.4, 0.5) is 0 Å². The Hall–Kier alpha value is -2.52. The molecule has 0 aliphatic carbocycles. The van der Waals surface area contributed by atoms with Gasteiger partial charge in [0.15, 0.2) is 16.3 Å². The van der Waals surface area contributed by atoms with Gasteiger partial charge in [0.25, 0.3) is 5.56 Å². The minimum absolute atomic E-state index is 0.0761. The zero-order valence-corrected chi connectivity index (χ0v) is 17.9. The first kappa shape index (κ1) is 21.2. The lowest BCUT2D eigenvalue weighted by atomic mass is 10.2. The highest BCUT2D eigenvalue weighted by molar-refractivity contribution is 7.99. The molecule has 29 heavy (non-hydrogen) atoms. The average molecular weight is 419 g/mol. The van der Waals surface area contributed by atoms with Gasteiger partial charge >= 0.3 is 5.69 Å². The van der Waals surface area contributed by atoms with Gasteiger partial charge < -0.3 is 14.4 Å². The van der Waals surface area contributed by atoms with Crippen molar-refractivity contribution in [3.05, 3.63) is 50.7 Å². The van der Waals surface area contributed by atoms with Crippen molar-refractivity contribution in [2.24, 2.45) is 14.1 Å². The fraction of sp³-hybridized carbons (Fsp3) is 0.450. The lowest BCUT2D eigenvalue weighted by molar-refractivity contribution is 0.0913. The molecule has 0 aliphatic rings. The molecule has 2 heterocycles. The van der Waals surface area contributed by atoms with Gasteiger partial charge in [-0.1, -0.05) is 36.4 Å². The van der Waals surface area contributed by atoms with Crippen molar-refractivity contribution in [1.29, 1.82) is 0 Å². The molecule has 0 saturated carbocycles. The van der Waals surface area contributed by atoms with Crippen LogP contribution >= 0.6 is 11.8 Å². The molecule has 3 rings (SSSR count). The largest absolute Gasteiger partial charge is 0.491 e. The molecule has 3 aromatic rings. The normalized spacial score (nSPS) is 12.4. The summed E-state index contributed by atoms with van der Waals surface area (Å²) in [6.07, 6.45) is 0.0841. The standard InChI is InChI=1S/C20H26N4O4S/c1-5-10-29-19-21-17-16(18(26)23(4)20(27)22(17)3)24(19)11-14(25)12-28-15-8-6-13(2)7-9-15/h6-9,14,25H,5,10-12H2,1-4H3/t14-/m0/s1. The van der Waals surface area contributed by atoms with E-state index in [0.717, 1.165) is 22.3 Å². The molecule has 0 fully saturated rings. The third-order valence-corrected chi connectivity index (χ3v) is 5.79. The van der Waals surface area contributed by atoms with E-state index < -0.39 is 17.4 Å². The molecule has 9 heteroatoms. The van der Waals surface area contributed by atoms with Crippen molar-refractivity contribution in [3.8, 4) is 5.75 Å². The van der Waals surface area contributed by atoms with E-state index in [1.54, 1.807) is 11.6 Å². The van der Waals surface area contributed by atoms with E-state index in [1.165, 1.54) is 23.4 Å². The summed E-state index contributed by atoms with van der Waals surface area (Å²) in [4.78, 5) is 29.5. The second kappa shape index (κ2) is 8.87. The van der Waals surface area contributed by atoms with Gasteiger partial charge in [-0.2, -0.15) is 0 Å². The van der Waals surface area contributed by atoms with Crippen LogP contribution in [0.3, 0.4) is 0 Å². The fourth-order valence-electron chi connectivity index (χ4n) is 2.99. The SMILES string of the molecule is CCCSc1nc2c(c(=O)n(C)c(=O)n2C)n1C[C@H](O)COc1ccc(C)cc1. The highest BCUT2D eigenvalue weighted by Gasteiger charge is 2.21. The number of thioether (sulfide) groups is 1. The van der Waals surface area contributed by atoms with Crippen molar-refractivity contribution >= 4 is 22.9 Å². The lowest BCUT2D eigenvalue weighted by Gasteiger charge is -2.15. The summed E-state index contributed by atoms with van der Waals surface area (Å²) in [7, 11) is 3.03. The Kier molecular flexibility index (Phi) is 6.49. The molecule has 1 atom stereocenters. The third kappa shape index (κ3) is 4.40. The average Bonchev–Trinajstić information content (AvgIpc) is 3.07. The number of nitrogens with zero attached hydrogens (tertiary/aromatic N) is 4. The molecule has 2 aromatic heterocycles. The minimum atomic E-state index is -0.850. The number of ether oxygens (including phenoxy) is 1. The van der Waals surface area contributed by atoms with Gasteiger partial charge in [0.1, 0.15) is 18.5 Å². The summed E-state index contributed by atoms with van der Waals surface area (Å²) in [6, 6.07) is 7.58. The van der Waals surface area contributed by atoms with E-state index in [9.17, 15) is 14.7 Å². The summed E-state index contributed by atoms with van der Waals surface area (Å²) < 4.78 is 9.79. The Morgan fingerprint density at radius 3 is 2.52 bits per heavy atom. The van der Waals surface area contributed by atoms with Crippen LogP contribution < -0.4 is 16.0 Å². The number of rotatable bonds is 8. The molecule has 0 bridgehead atoms. The summed E-state index contributed by atoms with van der Waals surface area (Å²) in [5.74, 6) is 1.48. The number of aliphatic hydroxyl groups excluding tert-OH is 1. The molecular formula is C20H26N4O4S. The number of aliphatic hydroxyl groups is 1. The molecule has 156 valence electrons. The van der Waals surface area contributed by atoms with Crippen molar-refractivity contribution in [3.63, 3.8) is 0 Å². The van der Waals surface area contributed by atoms with Gasteiger partial charge in [-0.3, -0.25) is 13.9 Å². The molecule has 0 spiro atoms. The van der Waals surface area contributed by atoms with Crippen molar-refractivity contribution in [2.75, 3.05) is 12.4 Å². The van der Waals surface area contributed by atoms with Gasteiger partial charge in [-0.25, -0.2) is 9.78 Å². The molecule has 0 amide bonds. The Morgan fingerprint density at radius 1 is 1.17 bits per heavy atom. The molecule has 0 radical (unpaired) electrons. The number of fused-ring (bicyclic) bond motifs is 1. The van der Waals surface area contributed by atoms with Crippen LogP contribution in [-0.4, -0.2) is 42.3 Å². The third-order valence-electron chi connectivity index (χ3n) is 4.60. The van der Waals surface area contributed by atoms with Crippen molar-refractivity contribution in [2.45, 2.75) is 38.1 Å². The molecule has 0 unspecified atom stereocenters. The van der Waals surface area contributed by atoms with E-state index in [2.05, 4.69) is 11.9 Å². The Labute approximate surface area is 172 Å². The summed E-state index contributed by atoms with van der Waals surface area (Å²) in [5.41, 5.74) is 0.904. The summed E-state index contributed by atoms with van der Waals surface area (Å²) in [6.45, 7) is 4.26. The number of hydrogen-bond donors (Lipinski definition) is 1. The van der Waals surface area contributed by atoms with Crippen LogP contribution in [0.1, 0.15) is 18.9 Å². The minimum Gasteiger partial charge on any atom is -0.491 e. The highest BCUT2D eigenvalue weighted by Crippen LogP contribution is 2.23. The first-order chi connectivity index (χ1) is 13.8. The Balaban J connectivity index is 1.92. The number of aryl methyl sites for hydroxylation is 2. The predicted octanol–water partition coefficient (Wildman–Crippen LogP) is 1.68. The maximum absolute atomic E-state index is 12.8. The fourth-order valence-corrected chi connectivity index (χ4v) is 3.85. The van der Waals surface area contributed by atoms with Gasteiger partial charge in [0.2, 0.25) is 0 Å². The van der Waals surface area contributed by atoms with E-state index in [1.807, 2.05) is 31.2 Å². The van der Waals surface area contributed by atoms with Crippen LogP contribution in [0, 0.1) is 6.92 Å². The molecule has 1 N–H and O–H groups in total. The summed E-state index contributed by atoms with van der Waals surface area (Å²) >= 11 is 1.50. The van der Waals surface area contributed by atoms with Crippen LogP contribution in [0.15, 0.2) is 39.0 Å². The molecule has 0 aliphatic heterocycles. The second-order valence-electron chi connectivity index (χ2n) is 7.01. The van der Waals surface area contributed by atoms with E-state index in [4.69, 9.17) is 4.74 Å². The van der Waals surface area contributed by atoms with Gasteiger partial charge in [0.05, 0.1) is 6.54 Å². The van der Waals surface area contributed by atoms with Crippen LogP contribution in [0.2, 0.25) is 0 Å². The maximum Gasteiger partial charge on any atom is 0.332 e. The smallest absolute Gasteiger partial charge is 0.332 e. The monoisotopic (exact) mass is 418 g/mol. The quantitative estimate of drug-likeness (QED) is 0.560. The predicted molar refractivity (Wildman–Crippen MR) is 114 cm³/mol. The topological polar surface area (TPSA) is 91.3 Å². The molecule has 0 saturated heterocycles. The number of imidazole rings is 1. The number of aromatic nitrogens is 4. The van der Waals surface area contributed by atoms with E-state index in [-0.39, 0.29) is 13.2 Å². The summed E-state index contributed by atoms with van der Waals surface area (Å²) in [5, 5.41) is 11.2. The molecular weight excluding hydrogens is 392 g/mol. The van der Waals surface area contributed by atoms with Crippen LogP contribution in [0.5, 0.6) is 5.75 Å². The Morgan fingerprint density at radius 2 is 1.86 bits per heavy atom. The second-order valence-corrected chi connectivity index (χ2v) is 8.07. The first-order valence-corrected chi connectivity index (χ1v) is 10.5. The lowest BCUT2D eigenvalue weighted by Crippen LogP contribution is -2.38. The zero-order chi connectivity index (χ0) is 21.1. The van der Waals surface area contributed by atoms with Crippen LogP contribution in [-0.2, 0) is 20.6 Å². The molecule has 1 aromatic carbocycles. The first-order valence-electron chi connectivity index (χ1n) is 9.50. The zero-order valence-electron chi connectivity index (χ0n) is 17.1. The van der Waals surface area contributed by atoms with Crippen molar-refractivity contribution < 1.29 is 9.84 Å². The number of hydrogen-bond acceptors (Lipinski definition) is 6. The van der Waals surface area contributed by atoms with Gasteiger partial charge in [-0.15, -0.1) is 0 Å². The van der Waals surface area contributed by atoms with Gasteiger partial charge in [0, 0.05) is 19.8 Å².